The topological polar surface area (TPSA) is 37.3 Å². The quantitative estimate of drug-likeness (QED) is 0.711. The van der Waals surface area contributed by atoms with Crippen LogP contribution in [0.1, 0.15) is 54.9 Å². The zero-order chi connectivity index (χ0) is 8.20. The number of carboxylic acids is 1. The fraction of sp³-hybridized carbons (Fsp3) is 0.900. The molecule has 0 atom stereocenters. The number of hydrogen-bond donors (Lipinski definition) is 1. The minimum absolute atomic E-state index is 0. The molecule has 0 radical (unpaired) electrons. The molecule has 0 bridgehead atoms. The third kappa shape index (κ3) is 6.20. The van der Waals surface area contributed by atoms with Crippen molar-refractivity contribution >= 4 is 5.97 Å². The van der Waals surface area contributed by atoms with E-state index in [0.717, 1.165) is 19.3 Å². The maximum atomic E-state index is 10.5. The number of carbonyl (C=O) groups is 1. The molecular formula is C10H24O2. The molecule has 2 nitrogen and oxygen atoms in total. The molecule has 0 rings (SSSR count). The summed E-state index contributed by atoms with van der Waals surface area (Å²) in [4.78, 5) is 10.5. The zero-order valence-electron chi connectivity index (χ0n) is 6.98. The summed E-state index contributed by atoms with van der Waals surface area (Å²) in [5, 5.41) is 8.67. The summed E-state index contributed by atoms with van der Waals surface area (Å²) in [6, 6.07) is 0. The molecule has 0 aliphatic carbocycles. The first-order valence-electron chi connectivity index (χ1n) is 3.74. The van der Waals surface area contributed by atoms with Gasteiger partial charge in [0.1, 0.15) is 0 Å². The Morgan fingerprint density at radius 1 is 1.33 bits per heavy atom. The van der Waals surface area contributed by atoms with E-state index in [0.29, 0.717) is 0 Å². The maximum absolute atomic E-state index is 10.5. The van der Waals surface area contributed by atoms with Crippen molar-refractivity contribution in [3.8, 4) is 0 Å². The van der Waals surface area contributed by atoms with Gasteiger partial charge in [0.2, 0.25) is 0 Å². The van der Waals surface area contributed by atoms with Gasteiger partial charge in [-0.3, -0.25) is 4.79 Å². The fourth-order valence-electron chi connectivity index (χ4n) is 0.726. The first-order valence-corrected chi connectivity index (χ1v) is 3.74. The van der Waals surface area contributed by atoms with Gasteiger partial charge < -0.3 is 5.11 Å². The summed E-state index contributed by atoms with van der Waals surface area (Å²) in [6.45, 7) is 5.61. The van der Waals surface area contributed by atoms with Gasteiger partial charge in [-0.1, -0.05) is 34.6 Å². The Bertz CT molecular complexity index is 117. The molecule has 0 aromatic heterocycles. The van der Waals surface area contributed by atoms with Gasteiger partial charge in [-0.15, -0.1) is 0 Å². The standard InChI is InChI=1S/C8H16O2.2CH4/c1-4-5-6-8(2,3)7(9)10;;/h4-6H2,1-3H3,(H,9,10);2*1H4. The molecule has 0 heterocycles. The monoisotopic (exact) mass is 176 g/mol. The predicted molar refractivity (Wildman–Crippen MR) is 54.4 cm³/mol. The third-order valence-electron chi connectivity index (χ3n) is 1.73. The zero-order valence-corrected chi connectivity index (χ0v) is 6.98. The van der Waals surface area contributed by atoms with Crippen molar-refractivity contribution in [3.05, 3.63) is 0 Å². The lowest BCUT2D eigenvalue weighted by atomic mass is 9.88. The van der Waals surface area contributed by atoms with Crippen LogP contribution in [-0.2, 0) is 4.79 Å². The van der Waals surface area contributed by atoms with Gasteiger partial charge in [-0.2, -0.15) is 0 Å². The normalized spacial score (nSPS) is 9.58. The van der Waals surface area contributed by atoms with Crippen LogP contribution in [-0.4, -0.2) is 11.1 Å². The molecule has 0 aromatic rings. The average Bonchev–Trinajstić information content (AvgIpc) is 1.84. The van der Waals surface area contributed by atoms with Gasteiger partial charge in [0.15, 0.2) is 0 Å². The Kier molecular flexibility index (Phi) is 10.4. The van der Waals surface area contributed by atoms with Gasteiger partial charge in [0.25, 0.3) is 0 Å². The predicted octanol–water partition coefficient (Wildman–Crippen LogP) is 3.56. The maximum Gasteiger partial charge on any atom is 0.309 e. The van der Waals surface area contributed by atoms with Gasteiger partial charge in [0, 0.05) is 0 Å². The van der Waals surface area contributed by atoms with Crippen molar-refractivity contribution in [2.75, 3.05) is 0 Å². The van der Waals surface area contributed by atoms with Crippen molar-refractivity contribution in [2.24, 2.45) is 5.41 Å². The van der Waals surface area contributed by atoms with E-state index in [2.05, 4.69) is 6.92 Å². The van der Waals surface area contributed by atoms with Crippen molar-refractivity contribution in [2.45, 2.75) is 54.9 Å². The van der Waals surface area contributed by atoms with Crippen LogP contribution < -0.4 is 0 Å². The van der Waals surface area contributed by atoms with E-state index in [4.69, 9.17) is 5.11 Å². The van der Waals surface area contributed by atoms with Crippen molar-refractivity contribution < 1.29 is 9.90 Å². The Balaban J connectivity index is -0.000000405. The molecule has 0 saturated carbocycles. The highest BCUT2D eigenvalue weighted by Crippen LogP contribution is 2.22. The largest absolute Gasteiger partial charge is 0.481 e. The molecule has 0 unspecified atom stereocenters. The second-order valence-corrected chi connectivity index (χ2v) is 3.29. The number of aliphatic carboxylic acids is 1. The molecule has 12 heavy (non-hydrogen) atoms. The highest BCUT2D eigenvalue weighted by molar-refractivity contribution is 5.73. The van der Waals surface area contributed by atoms with Gasteiger partial charge in [-0.05, 0) is 20.3 Å². The van der Waals surface area contributed by atoms with Crippen molar-refractivity contribution in [1.82, 2.24) is 0 Å². The average molecular weight is 176 g/mol. The summed E-state index contributed by atoms with van der Waals surface area (Å²) in [6.07, 6.45) is 2.84. The van der Waals surface area contributed by atoms with Crippen LogP contribution in [0.5, 0.6) is 0 Å². The fourth-order valence-corrected chi connectivity index (χ4v) is 0.726. The Morgan fingerprint density at radius 2 is 1.75 bits per heavy atom. The molecule has 0 amide bonds. The number of hydrogen-bond acceptors (Lipinski definition) is 1. The minimum atomic E-state index is -0.694. The molecule has 0 aliphatic rings. The Morgan fingerprint density at radius 3 is 2.00 bits per heavy atom. The smallest absolute Gasteiger partial charge is 0.309 e. The van der Waals surface area contributed by atoms with E-state index in [9.17, 15) is 4.79 Å². The molecule has 0 saturated heterocycles. The lowest BCUT2D eigenvalue weighted by Crippen LogP contribution is -2.23. The third-order valence-corrected chi connectivity index (χ3v) is 1.73. The second kappa shape index (κ2) is 7.14. The van der Waals surface area contributed by atoms with E-state index >= 15 is 0 Å². The van der Waals surface area contributed by atoms with E-state index in [-0.39, 0.29) is 14.9 Å². The molecule has 2 heteroatoms. The Hall–Kier alpha value is -0.530. The molecule has 1 N–H and O–H groups in total. The van der Waals surface area contributed by atoms with Crippen LogP contribution in [0.25, 0.3) is 0 Å². The Labute approximate surface area is 77.0 Å². The molecule has 0 aliphatic heterocycles. The van der Waals surface area contributed by atoms with Gasteiger partial charge >= 0.3 is 5.97 Å². The first-order chi connectivity index (χ1) is 4.50. The van der Waals surface area contributed by atoms with Gasteiger partial charge in [-0.25, -0.2) is 0 Å². The van der Waals surface area contributed by atoms with Crippen LogP contribution in [0.15, 0.2) is 0 Å². The molecule has 0 fully saturated rings. The van der Waals surface area contributed by atoms with Crippen LogP contribution in [0, 0.1) is 5.41 Å². The number of rotatable bonds is 4. The van der Waals surface area contributed by atoms with Crippen molar-refractivity contribution in [1.29, 1.82) is 0 Å². The highest BCUT2D eigenvalue weighted by Gasteiger charge is 2.25. The molecular weight excluding hydrogens is 152 g/mol. The van der Waals surface area contributed by atoms with E-state index in [1.165, 1.54) is 0 Å². The summed E-state index contributed by atoms with van der Waals surface area (Å²) < 4.78 is 0. The summed E-state index contributed by atoms with van der Waals surface area (Å²) in [5.74, 6) is -0.694. The molecule has 0 aromatic carbocycles. The number of carboxylic acid groups (broad SMARTS) is 1. The van der Waals surface area contributed by atoms with Crippen molar-refractivity contribution in [3.63, 3.8) is 0 Å². The van der Waals surface area contributed by atoms with E-state index in [1.807, 2.05) is 0 Å². The van der Waals surface area contributed by atoms with E-state index in [1.54, 1.807) is 13.8 Å². The second-order valence-electron chi connectivity index (χ2n) is 3.29. The summed E-state index contributed by atoms with van der Waals surface area (Å²) >= 11 is 0. The molecule has 76 valence electrons. The van der Waals surface area contributed by atoms with Crippen LogP contribution in [0.2, 0.25) is 0 Å². The SMILES string of the molecule is C.C.CCCCC(C)(C)C(=O)O. The lowest BCUT2D eigenvalue weighted by Gasteiger charge is -2.17. The highest BCUT2D eigenvalue weighted by atomic mass is 16.4. The summed E-state index contributed by atoms with van der Waals surface area (Å²) in [5.41, 5.74) is -0.532. The lowest BCUT2D eigenvalue weighted by molar-refractivity contribution is -0.147. The van der Waals surface area contributed by atoms with Crippen LogP contribution >= 0.6 is 0 Å². The molecule has 0 spiro atoms. The minimum Gasteiger partial charge on any atom is -0.481 e. The van der Waals surface area contributed by atoms with Crippen LogP contribution in [0.4, 0.5) is 0 Å². The number of unbranched alkanes of at least 4 members (excludes halogenated alkanes) is 1. The van der Waals surface area contributed by atoms with Crippen LogP contribution in [0.3, 0.4) is 0 Å². The first kappa shape index (κ1) is 17.5. The van der Waals surface area contributed by atoms with E-state index < -0.39 is 11.4 Å². The summed E-state index contributed by atoms with van der Waals surface area (Å²) in [7, 11) is 0. The van der Waals surface area contributed by atoms with Gasteiger partial charge in [0.05, 0.1) is 5.41 Å².